The first-order valence-electron chi connectivity index (χ1n) is 3.25. The number of ether oxygens (including phenoxy) is 1. The van der Waals surface area contributed by atoms with Crippen molar-refractivity contribution in [2.75, 3.05) is 0 Å². The van der Waals surface area contributed by atoms with Crippen molar-refractivity contribution in [3.63, 3.8) is 0 Å². The molecule has 0 aliphatic heterocycles. The van der Waals surface area contributed by atoms with Crippen LogP contribution in [-0.4, -0.2) is 16.5 Å². The molecular formula is C6H3BrF2N2O3. The van der Waals surface area contributed by atoms with Crippen molar-refractivity contribution in [1.82, 2.24) is 4.98 Å². The highest BCUT2D eigenvalue weighted by Crippen LogP contribution is 2.29. The summed E-state index contributed by atoms with van der Waals surface area (Å²) in [6, 6.07) is 0.984. The molecule has 1 heterocycles. The van der Waals surface area contributed by atoms with Crippen LogP contribution in [-0.2, 0) is 0 Å². The Hall–Kier alpha value is -1.31. The number of aromatic nitrogens is 1. The highest BCUT2D eigenvalue weighted by atomic mass is 79.9. The Morgan fingerprint density at radius 3 is 2.79 bits per heavy atom. The zero-order chi connectivity index (χ0) is 10.7. The maximum absolute atomic E-state index is 11.8. The molecule has 0 amide bonds. The van der Waals surface area contributed by atoms with E-state index < -0.39 is 23.0 Å². The molecule has 0 spiro atoms. The highest BCUT2D eigenvalue weighted by molar-refractivity contribution is 9.10. The molecule has 0 aliphatic rings. The summed E-state index contributed by atoms with van der Waals surface area (Å²) in [5, 5.41) is 10.4. The number of halogens is 3. The van der Waals surface area contributed by atoms with Crippen LogP contribution in [0.4, 0.5) is 14.5 Å². The maximum atomic E-state index is 11.8. The van der Waals surface area contributed by atoms with Crippen LogP contribution in [0.5, 0.6) is 5.75 Å². The fourth-order valence-electron chi connectivity index (χ4n) is 0.737. The molecule has 76 valence electrons. The number of hydrogen-bond acceptors (Lipinski definition) is 4. The summed E-state index contributed by atoms with van der Waals surface area (Å²) in [6.07, 6.45) is 0.856. The predicted octanol–water partition coefficient (Wildman–Crippen LogP) is 2.35. The summed E-state index contributed by atoms with van der Waals surface area (Å²) in [5.74, 6) is -0.562. The van der Waals surface area contributed by atoms with E-state index >= 15 is 0 Å². The topological polar surface area (TPSA) is 65.3 Å². The zero-order valence-electron chi connectivity index (χ0n) is 6.49. The minimum atomic E-state index is -3.11. The number of pyridine rings is 1. The van der Waals surface area contributed by atoms with Crippen LogP contribution in [0, 0.1) is 10.1 Å². The highest BCUT2D eigenvalue weighted by Gasteiger charge is 2.19. The maximum Gasteiger partial charge on any atom is 0.387 e. The second-order valence-corrected chi connectivity index (χ2v) is 2.92. The van der Waals surface area contributed by atoms with E-state index in [1.165, 1.54) is 0 Å². The number of nitrogens with zero attached hydrogens (tertiary/aromatic N) is 2. The minimum Gasteiger partial charge on any atom is -0.426 e. The van der Waals surface area contributed by atoms with Gasteiger partial charge in [0.2, 0.25) is 5.75 Å². The number of hydrogen-bond donors (Lipinski definition) is 0. The van der Waals surface area contributed by atoms with Crippen molar-refractivity contribution >= 4 is 21.6 Å². The summed E-state index contributed by atoms with van der Waals surface area (Å²) in [5.41, 5.74) is -0.563. The largest absolute Gasteiger partial charge is 0.426 e. The molecular weight excluding hydrogens is 266 g/mol. The van der Waals surface area contributed by atoms with Gasteiger partial charge in [-0.2, -0.15) is 8.78 Å². The van der Waals surface area contributed by atoms with Gasteiger partial charge in [-0.25, -0.2) is 4.98 Å². The van der Waals surface area contributed by atoms with Gasteiger partial charge in [-0.05, 0) is 15.9 Å². The number of rotatable bonds is 3. The van der Waals surface area contributed by atoms with Crippen LogP contribution in [0.25, 0.3) is 0 Å². The summed E-state index contributed by atoms with van der Waals surface area (Å²) in [6.45, 7) is -3.11. The molecule has 0 aliphatic carbocycles. The molecule has 1 aromatic rings. The Morgan fingerprint density at radius 2 is 2.29 bits per heavy atom. The van der Waals surface area contributed by atoms with E-state index in [0.29, 0.717) is 0 Å². The first-order chi connectivity index (χ1) is 6.50. The summed E-state index contributed by atoms with van der Waals surface area (Å²) >= 11 is 2.87. The van der Waals surface area contributed by atoms with Gasteiger partial charge >= 0.3 is 12.3 Å². The average molecular weight is 269 g/mol. The third-order valence-corrected chi connectivity index (χ3v) is 1.66. The fraction of sp³-hybridized carbons (Fsp3) is 0.167. The van der Waals surface area contributed by atoms with Crippen molar-refractivity contribution in [3.05, 3.63) is 27.0 Å². The van der Waals surface area contributed by atoms with Gasteiger partial charge in [0.25, 0.3) is 0 Å². The fourth-order valence-corrected chi connectivity index (χ4v) is 1.06. The molecule has 1 rings (SSSR count). The molecule has 5 nitrogen and oxygen atoms in total. The average Bonchev–Trinajstić information content (AvgIpc) is 2.07. The summed E-state index contributed by atoms with van der Waals surface area (Å²) in [7, 11) is 0. The van der Waals surface area contributed by atoms with Gasteiger partial charge in [0.15, 0.2) is 0 Å². The van der Waals surface area contributed by atoms with Gasteiger partial charge in [0.1, 0.15) is 4.60 Å². The predicted molar refractivity (Wildman–Crippen MR) is 45.2 cm³/mol. The number of alkyl halides is 2. The van der Waals surface area contributed by atoms with E-state index in [4.69, 9.17) is 0 Å². The molecule has 0 bridgehead atoms. The Balaban J connectivity index is 3.08. The van der Waals surface area contributed by atoms with Crippen molar-refractivity contribution in [3.8, 4) is 5.75 Å². The molecule has 0 saturated carbocycles. The molecule has 0 atom stereocenters. The smallest absolute Gasteiger partial charge is 0.387 e. The van der Waals surface area contributed by atoms with Crippen molar-refractivity contribution in [2.45, 2.75) is 6.61 Å². The minimum absolute atomic E-state index is 0.172. The second-order valence-electron chi connectivity index (χ2n) is 2.11. The normalized spacial score (nSPS) is 10.3. The van der Waals surface area contributed by atoms with Crippen LogP contribution < -0.4 is 4.74 Å². The Bertz CT molecular complexity index is 361. The lowest BCUT2D eigenvalue weighted by Gasteiger charge is -2.03. The first kappa shape index (κ1) is 10.8. The van der Waals surface area contributed by atoms with Crippen molar-refractivity contribution in [1.29, 1.82) is 0 Å². The summed E-state index contributed by atoms with van der Waals surface area (Å²) in [4.78, 5) is 13.1. The van der Waals surface area contributed by atoms with E-state index in [1.54, 1.807) is 0 Å². The molecule has 0 fully saturated rings. The van der Waals surface area contributed by atoms with Gasteiger partial charge in [0.05, 0.1) is 17.2 Å². The molecule has 1 aromatic heterocycles. The van der Waals surface area contributed by atoms with Crippen LogP contribution in [0.1, 0.15) is 0 Å². The lowest BCUT2D eigenvalue weighted by molar-refractivity contribution is -0.386. The monoisotopic (exact) mass is 268 g/mol. The molecule has 0 aromatic carbocycles. The quantitative estimate of drug-likeness (QED) is 0.480. The van der Waals surface area contributed by atoms with Gasteiger partial charge < -0.3 is 4.74 Å². The third-order valence-electron chi connectivity index (χ3n) is 1.23. The van der Waals surface area contributed by atoms with E-state index in [-0.39, 0.29) is 4.60 Å². The van der Waals surface area contributed by atoms with Gasteiger partial charge in [-0.3, -0.25) is 10.1 Å². The van der Waals surface area contributed by atoms with Gasteiger partial charge in [-0.1, -0.05) is 0 Å². The van der Waals surface area contributed by atoms with Crippen molar-refractivity contribution in [2.24, 2.45) is 0 Å². The first-order valence-corrected chi connectivity index (χ1v) is 4.04. The standard InChI is InChI=1S/C6H3BrF2N2O3/c7-5-1-3(11(12)13)4(2-10-5)14-6(8)9/h1-2,6H. The van der Waals surface area contributed by atoms with Crippen LogP contribution in [0.2, 0.25) is 0 Å². The van der Waals surface area contributed by atoms with Crippen LogP contribution in [0.15, 0.2) is 16.9 Å². The van der Waals surface area contributed by atoms with Gasteiger partial charge in [-0.15, -0.1) is 0 Å². The molecule has 0 saturated heterocycles. The molecule has 0 unspecified atom stereocenters. The molecule has 14 heavy (non-hydrogen) atoms. The van der Waals surface area contributed by atoms with Crippen LogP contribution >= 0.6 is 15.9 Å². The Labute approximate surface area is 85.0 Å². The molecule has 8 heteroatoms. The number of nitro groups is 1. The van der Waals surface area contributed by atoms with E-state index in [2.05, 4.69) is 25.7 Å². The lowest BCUT2D eigenvalue weighted by atomic mass is 10.4. The van der Waals surface area contributed by atoms with E-state index in [0.717, 1.165) is 12.3 Å². The Morgan fingerprint density at radius 1 is 1.64 bits per heavy atom. The SMILES string of the molecule is O=[N+]([O-])c1cc(Br)ncc1OC(F)F. The zero-order valence-corrected chi connectivity index (χ0v) is 8.07. The molecule has 0 N–H and O–H groups in total. The van der Waals surface area contributed by atoms with E-state index in [1.807, 2.05) is 0 Å². The lowest BCUT2D eigenvalue weighted by Crippen LogP contribution is -2.04. The van der Waals surface area contributed by atoms with Gasteiger partial charge in [0, 0.05) is 0 Å². The summed E-state index contributed by atoms with van der Waals surface area (Å²) < 4.78 is 27.6. The van der Waals surface area contributed by atoms with Crippen molar-refractivity contribution < 1.29 is 18.4 Å². The van der Waals surface area contributed by atoms with Crippen LogP contribution in [0.3, 0.4) is 0 Å². The second kappa shape index (κ2) is 4.27. The van der Waals surface area contributed by atoms with E-state index in [9.17, 15) is 18.9 Å². The molecule has 0 radical (unpaired) electrons. The Kier molecular flexibility index (Phi) is 3.28. The third kappa shape index (κ3) is 2.59.